The number of benzene rings is 2. The molecule has 0 heterocycles. The van der Waals surface area contributed by atoms with Crippen LogP contribution in [0.25, 0.3) is 0 Å². The molecular formula is C15H14BrFN2O. The molecule has 0 spiro atoms. The molecule has 0 saturated heterocycles. The summed E-state index contributed by atoms with van der Waals surface area (Å²) in [5.74, 6) is -1.10. The number of nitrogens with one attached hydrogen (secondary N) is 1. The molecule has 2 rings (SSSR count). The molecule has 3 N–H and O–H groups in total. The fraction of sp³-hybridized carbons (Fsp3) is 0.133. The van der Waals surface area contributed by atoms with E-state index in [1.165, 1.54) is 18.2 Å². The van der Waals surface area contributed by atoms with E-state index in [9.17, 15) is 9.18 Å². The number of carbonyl (C=O) groups is 1. The van der Waals surface area contributed by atoms with Gasteiger partial charge >= 0.3 is 0 Å². The summed E-state index contributed by atoms with van der Waals surface area (Å²) < 4.78 is 14.3. The first-order valence-electron chi connectivity index (χ1n) is 6.01. The Hall–Kier alpha value is -1.88. The number of carbonyl (C=O) groups excluding carboxylic acids is 1. The largest absolute Gasteiger partial charge is 0.397 e. The van der Waals surface area contributed by atoms with Crippen molar-refractivity contribution < 1.29 is 9.18 Å². The topological polar surface area (TPSA) is 55.1 Å². The summed E-state index contributed by atoms with van der Waals surface area (Å²) in [4.78, 5) is 12.1. The molecule has 0 aromatic heterocycles. The van der Waals surface area contributed by atoms with Crippen LogP contribution in [-0.2, 0) is 0 Å². The van der Waals surface area contributed by atoms with Crippen LogP contribution in [0, 0.1) is 19.7 Å². The molecule has 0 aliphatic heterocycles. The molecule has 3 nitrogen and oxygen atoms in total. The van der Waals surface area contributed by atoms with Gasteiger partial charge in [0.15, 0.2) is 0 Å². The van der Waals surface area contributed by atoms with Crippen LogP contribution in [0.3, 0.4) is 0 Å². The summed E-state index contributed by atoms with van der Waals surface area (Å²) in [5.41, 5.74) is 8.82. The number of anilines is 2. The molecular weight excluding hydrogens is 323 g/mol. The molecule has 0 aliphatic rings. The van der Waals surface area contributed by atoms with Gasteiger partial charge in [-0.25, -0.2) is 4.39 Å². The van der Waals surface area contributed by atoms with Crippen molar-refractivity contribution in [1.82, 2.24) is 0 Å². The summed E-state index contributed by atoms with van der Waals surface area (Å²) in [7, 11) is 0. The minimum Gasteiger partial charge on any atom is -0.397 e. The number of aryl methyl sites for hydroxylation is 2. The molecule has 0 bridgehead atoms. The first-order valence-corrected chi connectivity index (χ1v) is 6.81. The molecule has 0 atom stereocenters. The Labute approximate surface area is 125 Å². The first-order chi connectivity index (χ1) is 9.38. The maximum Gasteiger partial charge on any atom is 0.258 e. The van der Waals surface area contributed by atoms with Crippen molar-refractivity contribution in [1.29, 1.82) is 0 Å². The van der Waals surface area contributed by atoms with Crippen molar-refractivity contribution in [3.8, 4) is 0 Å². The number of amides is 1. The Morgan fingerprint density at radius 3 is 2.55 bits per heavy atom. The van der Waals surface area contributed by atoms with Crippen molar-refractivity contribution in [3.63, 3.8) is 0 Å². The third kappa shape index (κ3) is 2.99. The fourth-order valence-electron chi connectivity index (χ4n) is 1.81. The molecule has 0 fully saturated rings. The van der Waals surface area contributed by atoms with Crippen LogP contribution in [-0.4, -0.2) is 5.91 Å². The van der Waals surface area contributed by atoms with Gasteiger partial charge in [0.1, 0.15) is 5.82 Å². The molecule has 2 aromatic carbocycles. The quantitative estimate of drug-likeness (QED) is 0.813. The van der Waals surface area contributed by atoms with Gasteiger partial charge in [0.2, 0.25) is 0 Å². The maximum atomic E-state index is 13.7. The van der Waals surface area contributed by atoms with E-state index in [2.05, 4.69) is 21.2 Å². The van der Waals surface area contributed by atoms with E-state index in [0.29, 0.717) is 15.8 Å². The van der Waals surface area contributed by atoms with E-state index in [0.717, 1.165) is 11.1 Å². The smallest absolute Gasteiger partial charge is 0.258 e. The summed E-state index contributed by atoms with van der Waals surface area (Å²) >= 11 is 3.21. The van der Waals surface area contributed by atoms with E-state index < -0.39 is 11.7 Å². The lowest BCUT2D eigenvalue weighted by Gasteiger charge is -2.11. The Bertz CT molecular complexity index is 686. The van der Waals surface area contributed by atoms with Crippen molar-refractivity contribution >= 4 is 33.2 Å². The van der Waals surface area contributed by atoms with Gasteiger partial charge in [-0.05, 0) is 55.3 Å². The number of nitrogen functional groups attached to an aromatic ring is 1. The Kier molecular flexibility index (Phi) is 4.09. The number of halogens is 2. The summed E-state index contributed by atoms with van der Waals surface area (Å²) in [6.07, 6.45) is 0. The first kappa shape index (κ1) is 14.5. The lowest BCUT2D eigenvalue weighted by Crippen LogP contribution is -2.15. The van der Waals surface area contributed by atoms with Crippen LogP contribution >= 0.6 is 15.9 Å². The Morgan fingerprint density at radius 2 is 1.85 bits per heavy atom. The van der Waals surface area contributed by atoms with Crippen molar-refractivity contribution in [2.24, 2.45) is 0 Å². The van der Waals surface area contributed by atoms with Gasteiger partial charge < -0.3 is 11.1 Å². The number of nitrogens with two attached hydrogens (primary N) is 1. The monoisotopic (exact) mass is 336 g/mol. The van der Waals surface area contributed by atoms with Crippen LogP contribution < -0.4 is 11.1 Å². The standard InChI is InChI=1S/C15H14BrFN2O/c1-8-5-13(18)14(6-9(8)2)19-15(20)11-7-10(16)3-4-12(11)17/h3-7H,18H2,1-2H3,(H,19,20). The van der Waals surface area contributed by atoms with Crippen LogP contribution in [0.15, 0.2) is 34.8 Å². The van der Waals surface area contributed by atoms with E-state index in [4.69, 9.17) is 5.73 Å². The van der Waals surface area contributed by atoms with Gasteiger partial charge in [-0.15, -0.1) is 0 Å². The van der Waals surface area contributed by atoms with Crippen molar-refractivity contribution in [2.75, 3.05) is 11.1 Å². The molecule has 5 heteroatoms. The van der Waals surface area contributed by atoms with Gasteiger partial charge in [0.05, 0.1) is 16.9 Å². The predicted octanol–water partition coefficient (Wildman–Crippen LogP) is 4.04. The highest BCUT2D eigenvalue weighted by Crippen LogP contribution is 2.24. The highest BCUT2D eigenvalue weighted by atomic mass is 79.9. The van der Waals surface area contributed by atoms with E-state index >= 15 is 0 Å². The highest BCUT2D eigenvalue weighted by Gasteiger charge is 2.14. The molecule has 0 unspecified atom stereocenters. The minimum absolute atomic E-state index is 0.0306. The molecule has 20 heavy (non-hydrogen) atoms. The van der Waals surface area contributed by atoms with Crippen molar-refractivity contribution in [2.45, 2.75) is 13.8 Å². The van der Waals surface area contributed by atoms with E-state index in [1.807, 2.05) is 13.8 Å². The normalized spacial score (nSPS) is 10.4. The third-order valence-corrected chi connectivity index (χ3v) is 3.58. The SMILES string of the molecule is Cc1cc(N)c(NC(=O)c2cc(Br)ccc2F)cc1C. The second kappa shape index (κ2) is 5.63. The van der Waals surface area contributed by atoms with Crippen molar-refractivity contribution in [3.05, 3.63) is 57.3 Å². The molecule has 0 saturated carbocycles. The lowest BCUT2D eigenvalue weighted by molar-refractivity contribution is 0.102. The van der Waals surface area contributed by atoms with Gasteiger partial charge in [0, 0.05) is 4.47 Å². The molecule has 0 aliphatic carbocycles. The molecule has 1 amide bonds. The summed E-state index contributed by atoms with van der Waals surface area (Å²) in [6, 6.07) is 7.77. The average Bonchev–Trinajstić information content (AvgIpc) is 2.38. The van der Waals surface area contributed by atoms with Gasteiger partial charge in [-0.1, -0.05) is 15.9 Å². The highest BCUT2D eigenvalue weighted by molar-refractivity contribution is 9.10. The second-order valence-corrected chi connectivity index (χ2v) is 5.52. The molecule has 2 aromatic rings. The summed E-state index contributed by atoms with van der Waals surface area (Å²) in [5, 5.41) is 2.64. The van der Waals surface area contributed by atoms with Crippen LogP contribution in [0.1, 0.15) is 21.5 Å². The Balaban J connectivity index is 2.32. The van der Waals surface area contributed by atoms with Crippen LogP contribution in [0.2, 0.25) is 0 Å². The minimum atomic E-state index is -0.576. The second-order valence-electron chi connectivity index (χ2n) is 4.60. The Morgan fingerprint density at radius 1 is 1.20 bits per heavy atom. The molecule has 0 radical (unpaired) electrons. The maximum absolute atomic E-state index is 13.7. The van der Waals surface area contributed by atoms with Crippen LogP contribution in [0.4, 0.5) is 15.8 Å². The van der Waals surface area contributed by atoms with Crippen LogP contribution in [0.5, 0.6) is 0 Å². The number of hydrogen-bond donors (Lipinski definition) is 2. The number of rotatable bonds is 2. The van der Waals surface area contributed by atoms with Gasteiger partial charge in [-0.3, -0.25) is 4.79 Å². The predicted molar refractivity (Wildman–Crippen MR) is 82.4 cm³/mol. The third-order valence-electron chi connectivity index (χ3n) is 3.09. The van der Waals surface area contributed by atoms with E-state index in [1.54, 1.807) is 12.1 Å². The summed E-state index contributed by atoms with van der Waals surface area (Å²) in [6.45, 7) is 3.86. The lowest BCUT2D eigenvalue weighted by atomic mass is 10.1. The zero-order chi connectivity index (χ0) is 14.9. The van der Waals surface area contributed by atoms with E-state index in [-0.39, 0.29) is 5.56 Å². The van der Waals surface area contributed by atoms with Gasteiger partial charge in [0.25, 0.3) is 5.91 Å². The average molecular weight is 337 g/mol. The zero-order valence-electron chi connectivity index (χ0n) is 11.1. The molecule has 104 valence electrons. The number of hydrogen-bond acceptors (Lipinski definition) is 2. The fourth-order valence-corrected chi connectivity index (χ4v) is 2.17. The zero-order valence-corrected chi connectivity index (χ0v) is 12.7. The van der Waals surface area contributed by atoms with Gasteiger partial charge in [-0.2, -0.15) is 0 Å².